The number of carbonyl (C=O) groups is 1. The molecule has 0 aliphatic rings. The predicted molar refractivity (Wildman–Crippen MR) is 23.4 cm³/mol. The molecule has 0 bridgehead atoms. The summed E-state index contributed by atoms with van der Waals surface area (Å²) in [5, 5.41) is 0. The van der Waals surface area contributed by atoms with Crippen molar-refractivity contribution in [3.8, 4) is 0 Å². The van der Waals surface area contributed by atoms with Crippen molar-refractivity contribution in [2.75, 3.05) is 0 Å². The first-order valence-corrected chi connectivity index (χ1v) is 2.69. The third-order valence-corrected chi connectivity index (χ3v) is 0.946. The van der Waals surface area contributed by atoms with E-state index in [1.807, 2.05) is 0 Å². The fourth-order valence-electron chi connectivity index (χ4n) is 0.0481. The summed E-state index contributed by atoms with van der Waals surface area (Å²) in [7, 11) is 0. The molecule has 0 spiro atoms. The van der Waals surface area contributed by atoms with E-state index in [0.29, 0.717) is 22.9 Å². The van der Waals surface area contributed by atoms with Gasteiger partial charge in [-0.2, -0.15) is 0 Å². The Labute approximate surface area is 49.8 Å². The Kier molecular flexibility index (Phi) is 3.21. The Morgan fingerprint density at radius 2 is 2.50 bits per heavy atom. The second kappa shape index (κ2) is 3.21. The molecule has 0 saturated heterocycles. The third kappa shape index (κ3) is 2.26. The van der Waals surface area contributed by atoms with Crippen LogP contribution in [0.5, 0.6) is 0 Å². The van der Waals surface area contributed by atoms with Crippen LogP contribution < -0.4 is 0 Å². The first kappa shape index (κ1) is 6.01. The molecule has 0 amide bonds. The normalized spacial score (nSPS) is 6.83. The Morgan fingerprint density at radius 3 is 2.50 bits per heavy atom. The summed E-state index contributed by atoms with van der Waals surface area (Å²) in [6, 6.07) is 0. The quantitative estimate of drug-likeness (QED) is 0.413. The van der Waals surface area contributed by atoms with Gasteiger partial charge in [-0.05, 0) is 0 Å². The topological polar surface area (TPSA) is 26.3 Å². The van der Waals surface area contributed by atoms with Crippen LogP contribution in [0.3, 0.4) is 0 Å². The first-order chi connectivity index (χ1) is 2.81. The van der Waals surface area contributed by atoms with Crippen LogP contribution in [-0.2, 0) is 7.87 Å². The molecule has 0 rings (SSSR count). The fourth-order valence-corrected chi connectivity index (χ4v) is 0.323. The summed E-state index contributed by atoms with van der Waals surface area (Å²) in [5.41, 5.74) is 0. The third-order valence-electron chi connectivity index (χ3n) is 0.283. The minimum atomic E-state index is -0.336. The van der Waals surface area contributed by atoms with E-state index in [9.17, 15) is 4.79 Å². The van der Waals surface area contributed by atoms with E-state index < -0.39 is 0 Å². The number of hydrogen-bond donors (Lipinski definition) is 0. The average molecular weight is 191 g/mol. The van der Waals surface area contributed by atoms with Crippen molar-refractivity contribution in [2.45, 2.75) is 0 Å². The van der Waals surface area contributed by atoms with Crippen molar-refractivity contribution < 1.29 is 7.87 Å². The summed E-state index contributed by atoms with van der Waals surface area (Å²) in [5.74, 6) is -0.336. The summed E-state index contributed by atoms with van der Waals surface area (Å²) >= 11 is 0.516. The molecule has 0 unspecified atom stereocenters. The van der Waals surface area contributed by atoms with E-state index in [-0.39, 0.29) is 5.97 Å². The molecule has 0 aromatic rings. The Hall–Kier alpha value is 0.00870. The molecule has 0 heterocycles. The Balaban J connectivity index is 3.23. The summed E-state index contributed by atoms with van der Waals surface area (Å²) < 4.78 is 4.27. The van der Waals surface area contributed by atoms with E-state index in [0.717, 1.165) is 6.08 Å². The van der Waals surface area contributed by atoms with E-state index in [4.69, 9.17) is 0 Å². The van der Waals surface area contributed by atoms with Crippen LogP contribution in [-0.4, -0.2) is 28.9 Å². The number of carbonyl (C=O) groups excluding carboxylic acids is 1. The van der Waals surface area contributed by atoms with E-state index in [1.54, 1.807) is 0 Å². The zero-order valence-electron chi connectivity index (χ0n) is 3.18. The van der Waals surface area contributed by atoms with Crippen molar-refractivity contribution in [3.63, 3.8) is 0 Å². The van der Waals surface area contributed by atoms with Gasteiger partial charge in [0.25, 0.3) is 0 Å². The van der Waals surface area contributed by atoms with Crippen LogP contribution in [0.1, 0.15) is 0 Å². The van der Waals surface area contributed by atoms with Crippen LogP contribution in [0.4, 0.5) is 0 Å². The van der Waals surface area contributed by atoms with Gasteiger partial charge in [0.15, 0.2) is 0 Å². The molecule has 6 heavy (non-hydrogen) atoms. The van der Waals surface area contributed by atoms with E-state index in [2.05, 4.69) is 9.65 Å². The van der Waals surface area contributed by atoms with Gasteiger partial charge >= 0.3 is 49.4 Å². The van der Waals surface area contributed by atoms with Crippen molar-refractivity contribution in [3.05, 3.63) is 12.7 Å². The molecule has 0 fully saturated rings. The van der Waals surface area contributed by atoms with Gasteiger partial charge in [0, 0.05) is 0 Å². The summed E-state index contributed by atoms with van der Waals surface area (Å²) in [4.78, 5) is 9.87. The van der Waals surface area contributed by atoms with Gasteiger partial charge in [0.05, 0.1) is 0 Å². The van der Waals surface area contributed by atoms with Gasteiger partial charge in [0.1, 0.15) is 0 Å². The molecule has 0 saturated carbocycles. The van der Waals surface area contributed by atoms with Crippen molar-refractivity contribution in [1.82, 2.24) is 0 Å². The van der Waals surface area contributed by atoms with Crippen LogP contribution in [0.25, 0.3) is 0 Å². The van der Waals surface area contributed by atoms with Gasteiger partial charge in [-0.3, -0.25) is 0 Å². The molecule has 0 aliphatic heterocycles. The molecule has 2 nitrogen and oxygen atoms in total. The average Bonchev–Trinajstić information content (AvgIpc) is 1.65. The number of hydrogen-bond acceptors (Lipinski definition) is 2. The molecule has 0 N–H and O–H groups in total. The van der Waals surface area contributed by atoms with Crippen molar-refractivity contribution >= 4 is 28.9 Å². The maximum atomic E-state index is 9.87. The van der Waals surface area contributed by atoms with Crippen molar-refractivity contribution in [1.29, 1.82) is 0 Å². The van der Waals surface area contributed by atoms with Gasteiger partial charge in [-0.15, -0.1) is 0 Å². The zero-order chi connectivity index (χ0) is 4.99. The molecule has 0 aliphatic carbocycles. The van der Waals surface area contributed by atoms with E-state index in [1.165, 1.54) is 0 Å². The molecule has 0 aromatic carbocycles. The first-order valence-electron chi connectivity index (χ1n) is 1.34. The molecular formula is C3H4O2Sn. The van der Waals surface area contributed by atoms with Gasteiger partial charge in [-0.1, -0.05) is 0 Å². The second-order valence-corrected chi connectivity index (χ2v) is 1.31. The van der Waals surface area contributed by atoms with Crippen LogP contribution >= 0.6 is 0 Å². The van der Waals surface area contributed by atoms with Crippen molar-refractivity contribution in [2.24, 2.45) is 0 Å². The maximum absolute atomic E-state index is 9.87. The fraction of sp³-hybridized carbons (Fsp3) is 0. The Bertz CT molecular complexity index is 69.2. The summed E-state index contributed by atoms with van der Waals surface area (Å²) in [6.45, 7) is 3.18. The summed E-state index contributed by atoms with van der Waals surface area (Å²) in [6.07, 6.45) is 1.14. The second-order valence-electron chi connectivity index (χ2n) is 0.641. The van der Waals surface area contributed by atoms with Crippen LogP contribution in [0.2, 0.25) is 0 Å². The van der Waals surface area contributed by atoms with Gasteiger partial charge < -0.3 is 0 Å². The molecule has 32 valence electrons. The SMILES string of the molecule is C=CC(=O)[O][SnH]. The molecular weight excluding hydrogens is 187 g/mol. The standard InChI is InChI=1S/C3H4O2.Sn.H/c1-2-3(4)5;;/h2H,1H2,(H,4,5);;/q;+1;/p-1. The zero-order valence-corrected chi connectivity index (χ0v) is 6.47. The minimum absolute atomic E-state index is 0.336. The van der Waals surface area contributed by atoms with Crippen LogP contribution in [0, 0.1) is 0 Å². The molecule has 2 radical (unpaired) electrons. The number of rotatable bonds is 1. The molecule has 0 aromatic heterocycles. The van der Waals surface area contributed by atoms with Gasteiger partial charge in [0.2, 0.25) is 0 Å². The molecule has 3 heteroatoms. The predicted octanol–water partition coefficient (Wildman–Crippen LogP) is -0.469. The van der Waals surface area contributed by atoms with Gasteiger partial charge in [-0.25, -0.2) is 0 Å². The van der Waals surface area contributed by atoms with Crippen LogP contribution in [0.15, 0.2) is 12.7 Å². The Morgan fingerprint density at radius 1 is 2.00 bits per heavy atom. The monoisotopic (exact) mass is 192 g/mol. The van der Waals surface area contributed by atoms with E-state index >= 15 is 0 Å². The molecule has 0 atom stereocenters.